The molecular formula is C17H17ClN4S. The molecule has 1 heterocycles. The van der Waals surface area contributed by atoms with Crippen molar-refractivity contribution in [2.45, 2.75) is 0 Å². The Morgan fingerprint density at radius 2 is 1.57 bits per heavy atom. The van der Waals surface area contributed by atoms with Gasteiger partial charge in [-0.15, -0.1) is 0 Å². The van der Waals surface area contributed by atoms with Gasteiger partial charge < -0.3 is 17.3 Å². The first-order valence-electron chi connectivity index (χ1n) is 6.98. The molecule has 0 saturated heterocycles. The highest BCUT2D eigenvalue weighted by Gasteiger charge is 2.07. The van der Waals surface area contributed by atoms with Gasteiger partial charge in [-0.1, -0.05) is 18.2 Å². The monoisotopic (exact) mass is 344 g/mol. The molecule has 0 fully saturated rings. The molecule has 0 amide bonds. The molecule has 3 aromatic rings. The summed E-state index contributed by atoms with van der Waals surface area (Å²) in [7, 11) is 4.01. The molecule has 6 heteroatoms. The standard InChI is InChI=1S/C17H17N4S.ClH/c1-20-12-13-22-17(20)19-18-14-8-10-16(11-9-14)21(2)15-6-4-3-5-7-15;/h3-13H,1-2H3;1H/q+1;/p-1. The van der Waals surface area contributed by atoms with E-state index in [0.29, 0.717) is 0 Å². The zero-order chi connectivity index (χ0) is 15.4. The van der Waals surface area contributed by atoms with Gasteiger partial charge in [-0.25, -0.2) is 4.57 Å². The van der Waals surface area contributed by atoms with E-state index in [9.17, 15) is 0 Å². The average Bonchev–Trinajstić information content (AvgIpc) is 2.99. The highest BCUT2D eigenvalue weighted by molar-refractivity contribution is 7.12. The van der Waals surface area contributed by atoms with Crippen LogP contribution in [0.3, 0.4) is 0 Å². The maximum absolute atomic E-state index is 4.28. The van der Waals surface area contributed by atoms with Gasteiger partial charge in [0.25, 0.3) is 0 Å². The highest BCUT2D eigenvalue weighted by atomic mass is 35.5. The fourth-order valence-electron chi connectivity index (χ4n) is 2.07. The maximum atomic E-state index is 4.28. The molecule has 118 valence electrons. The topological polar surface area (TPSA) is 31.8 Å². The summed E-state index contributed by atoms with van der Waals surface area (Å²) in [6, 6.07) is 18.3. The summed E-state index contributed by atoms with van der Waals surface area (Å²) < 4.78 is 1.95. The third kappa shape index (κ3) is 4.15. The second-order valence-electron chi connectivity index (χ2n) is 4.91. The molecule has 0 spiro atoms. The largest absolute Gasteiger partial charge is 1.00 e. The second kappa shape index (κ2) is 7.85. The molecule has 0 unspecified atom stereocenters. The summed E-state index contributed by atoms with van der Waals surface area (Å²) in [5.74, 6) is 0. The molecular weight excluding hydrogens is 328 g/mol. The van der Waals surface area contributed by atoms with E-state index in [-0.39, 0.29) is 12.4 Å². The smallest absolute Gasteiger partial charge is 0.408 e. The molecule has 3 rings (SSSR count). The van der Waals surface area contributed by atoms with E-state index in [0.717, 1.165) is 22.2 Å². The summed E-state index contributed by atoms with van der Waals surface area (Å²) in [6.45, 7) is 0. The van der Waals surface area contributed by atoms with Crippen LogP contribution in [0.2, 0.25) is 0 Å². The predicted molar refractivity (Wildman–Crippen MR) is 90.6 cm³/mol. The number of anilines is 2. The fourth-order valence-corrected chi connectivity index (χ4v) is 2.75. The van der Waals surface area contributed by atoms with Crippen molar-refractivity contribution in [1.82, 2.24) is 0 Å². The summed E-state index contributed by atoms with van der Waals surface area (Å²) in [6.07, 6.45) is 1.97. The van der Waals surface area contributed by atoms with E-state index in [1.165, 1.54) is 0 Å². The van der Waals surface area contributed by atoms with E-state index in [4.69, 9.17) is 0 Å². The Kier molecular flexibility index (Phi) is 5.84. The Labute approximate surface area is 146 Å². The number of thiazole rings is 1. The SMILES string of the molecule is CN(c1ccccc1)c1ccc(N=Nc2scc[n+]2C)cc1.[Cl-]. The number of aryl methyl sites for hydroxylation is 1. The Morgan fingerprint density at radius 3 is 2.17 bits per heavy atom. The number of azo groups is 1. The Hall–Kier alpha value is -2.24. The molecule has 0 saturated carbocycles. The lowest BCUT2D eigenvalue weighted by molar-refractivity contribution is -0.654. The first kappa shape index (κ1) is 17.1. The zero-order valence-corrected chi connectivity index (χ0v) is 14.5. The van der Waals surface area contributed by atoms with Gasteiger partial charge in [0.05, 0.1) is 12.2 Å². The first-order chi connectivity index (χ1) is 10.7. The molecule has 0 atom stereocenters. The number of aromatic nitrogens is 1. The molecule has 23 heavy (non-hydrogen) atoms. The third-order valence-electron chi connectivity index (χ3n) is 3.39. The van der Waals surface area contributed by atoms with Crippen molar-refractivity contribution in [3.63, 3.8) is 0 Å². The molecule has 0 bridgehead atoms. The van der Waals surface area contributed by atoms with Crippen molar-refractivity contribution in [2.75, 3.05) is 11.9 Å². The van der Waals surface area contributed by atoms with Gasteiger partial charge >= 0.3 is 5.13 Å². The molecule has 4 nitrogen and oxygen atoms in total. The van der Waals surface area contributed by atoms with Crippen LogP contribution in [0.5, 0.6) is 0 Å². The molecule has 2 aromatic carbocycles. The lowest BCUT2D eigenvalue weighted by atomic mass is 10.2. The summed E-state index contributed by atoms with van der Waals surface area (Å²) >= 11 is 1.57. The van der Waals surface area contributed by atoms with Crippen LogP contribution in [0.1, 0.15) is 0 Å². The quantitative estimate of drug-likeness (QED) is 0.524. The van der Waals surface area contributed by atoms with Crippen LogP contribution in [-0.2, 0) is 7.05 Å². The Balaban J connectivity index is 0.00000192. The predicted octanol–water partition coefficient (Wildman–Crippen LogP) is 1.76. The van der Waals surface area contributed by atoms with Crippen molar-refractivity contribution < 1.29 is 17.0 Å². The fraction of sp³-hybridized carbons (Fsp3) is 0.118. The molecule has 1 aromatic heterocycles. The minimum absolute atomic E-state index is 0. The van der Waals surface area contributed by atoms with Crippen LogP contribution in [0.15, 0.2) is 76.4 Å². The van der Waals surface area contributed by atoms with E-state index >= 15 is 0 Å². The number of benzene rings is 2. The van der Waals surface area contributed by atoms with Gasteiger partial charge in [0.1, 0.15) is 11.9 Å². The highest BCUT2D eigenvalue weighted by Crippen LogP contribution is 2.26. The van der Waals surface area contributed by atoms with E-state index < -0.39 is 0 Å². The minimum Gasteiger partial charge on any atom is -1.00 e. The van der Waals surface area contributed by atoms with Crippen LogP contribution >= 0.6 is 11.3 Å². The van der Waals surface area contributed by atoms with Crippen LogP contribution in [0.4, 0.5) is 22.2 Å². The normalized spacial score (nSPS) is 10.5. The lowest BCUT2D eigenvalue weighted by Crippen LogP contribution is -3.00. The number of halogens is 1. The molecule has 0 aliphatic carbocycles. The van der Waals surface area contributed by atoms with Gasteiger partial charge in [0.2, 0.25) is 0 Å². The summed E-state index contributed by atoms with van der Waals surface area (Å²) in [5.41, 5.74) is 3.12. The van der Waals surface area contributed by atoms with Gasteiger partial charge in [-0.2, -0.15) is 0 Å². The van der Waals surface area contributed by atoms with Crippen molar-refractivity contribution in [3.05, 3.63) is 66.2 Å². The van der Waals surface area contributed by atoms with Crippen molar-refractivity contribution in [2.24, 2.45) is 17.3 Å². The van der Waals surface area contributed by atoms with Crippen LogP contribution in [0, 0.1) is 0 Å². The van der Waals surface area contributed by atoms with Gasteiger partial charge in [0, 0.05) is 23.8 Å². The summed E-state index contributed by atoms with van der Waals surface area (Å²) in [5, 5.41) is 11.4. The van der Waals surface area contributed by atoms with Crippen LogP contribution in [0.25, 0.3) is 0 Å². The second-order valence-corrected chi connectivity index (χ2v) is 5.78. The molecule has 0 N–H and O–H groups in total. The van der Waals surface area contributed by atoms with Crippen LogP contribution in [-0.4, -0.2) is 7.05 Å². The van der Waals surface area contributed by atoms with Gasteiger partial charge in [-0.05, 0) is 52.8 Å². The number of nitrogens with zero attached hydrogens (tertiary/aromatic N) is 4. The number of hydrogen-bond acceptors (Lipinski definition) is 4. The van der Waals surface area contributed by atoms with Crippen molar-refractivity contribution in [1.29, 1.82) is 0 Å². The number of rotatable bonds is 4. The average molecular weight is 345 g/mol. The third-order valence-corrected chi connectivity index (χ3v) is 4.23. The summed E-state index contributed by atoms with van der Waals surface area (Å²) in [4.78, 5) is 2.14. The zero-order valence-electron chi connectivity index (χ0n) is 12.9. The minimum atomic E-state index is 0. The van der Waals surface area contributed by atoms with Gasteiger partial charge in [-0.3, -0.25) is 0 Å². The first-order valence-corrected chi connectivity index (χ1v) is 7.86. The maximum Gasteiger partial charge on any atom is 0.408 e. The van der Waals surface area contributed by atoms with E-state index in [2.05, 4.69) is 46.4 Å². The molecule has 0 aliphatic heterocycles. The number of hydrogen-bond donors (Lipinski definition) is 0. The lowest BCUT2D eigenvalue weighted by Gasteiger charge is -2.19. The van der Waals surface area contributed by atoms with E-state index in [1.807, 2.05) is 53.5 Å². The van der Waals surface area contributed by atoms with Crippen molar-refractivity contribution >= 4 is 33.5 Å². The Morgan fingerprint density at radius 1 is 0.913 bits per heavy atom. The van der Waals surface area contributed by atoms with Crippen LogP contribution < -0.4 is 21.9 Å². The molecule has 0 aliphatic rings. The Bertz CT molecular complexity index is 769. The van der Waals surface area contributed by atoms with E-state index in [1.54, 1.807) is 11.3 Å². The number of para-hydroxylation sites is 1. The van der Waals surface area contributed by atoms with Crippen molar-refractivity contribution in [3.8, 4) is 0 Å². The molecule has 0 radical (unpaired) electrons. The van der Waals surface area contributed by atoms with Gasteiger partial charge in [0.15, 0.2) is 0 Å².